The molecule has 0 aliphatic rings. The van der Waals surface area contributed by atoms with Crippen molar-refractivity contribution in [2.24, 2.45) is 0 Å². The van der Waals surface area contributed by atoms with Gasteiger partial charge in [-0.3, -0.25) is 9.59 Å². The van der Waals surface area contributed by atoms with E-state index in [2.05, 4.69) is 4.98 Å². The minimum atomic E-state index is -0.0493. The number of nitrogens with one attached hydrogen (secondary N) is 1. The summed E-state index contributed by atoms with van der Waals surface area (Å²) in [5, 5.41) is 0. The molecule has 0 saturated carbocycles. The minimum Gasteiger partial charge on any atom is -0.346 e. The Balaban J connectivity index is 2.35. The molecule has 1 N–H and O–H groups in total. The van der Waals surface area contributed by atoms with Crippen molar-refractivity contribution in [1.29, 1.82) is 0 Å². The molecule has 0 aliphatic carbocycles. The number of imidazole rings is 1. The number of H-pyrrole nitrogens is 1. The fraction of sp³-hybridized carbons (Fsp3) is 0. The first-order valence-corrected chi connectivity index (χ1v) is 5.85. The molecule has 0 bridgehead atoms. The molecule has 0 unspecified atom stereocenters. The minimum absolute atomic E-state index is 0.0493. The highest BCUT2D eigenvalue weighted by atomic mass is 32.1. The summed E-state index contributed by atoms with van der Waals surface area (Å²) in [7, 11) is 0. The number of nitrogens with zero attached hydrogens (tertiary/aromatic N) is 1. The van der Waals surface area contributed by atoms with Gasteiger partial charge >= 0.3 is 0 Å². The number of aldehydes is 1. The molecule has 0 radical (unpaired) electrons. The van der Waals surface area contributed by atoms with E-state index in [9.17, 15) is 9.59 Å². The third kappa shape index (κ3) is 1.52. The van der Waals surface area contributed by atoms with Gasteiger partial charge in [0.2, 0.25) is 0 Å². The Morgan fingerprint density at radius 1 is 1.24 bits per heavy atom. The summed E-state index contributed by atoms with van der Waals surface area (Å²) in [6, 6.07) is 5.04. The standard InChI is InChI=1S/C12H8N2O2S/c15-7-8-1-2-10(17-8)11-9(16)3-5-14-6-4-13-12(11)14/h1-7,13H. The monoisotopic (exact) mass is 244 g/mol. The van der Waals surface area contributed by atoms with Crippen molar-refractivity contribution in [3.05, 3.63) is 51.9 Å². The molecule has 3 aromatic rings. The fourth-order valence-electron chi connectivity index (χ4n) is 1.81. The van der Waals surface area contributed by atoms with E-state index in [0.29, 0.717) is 10.4 Å². The number of carbonyl (C=O) groups excluding carboxylic acids is 1. The van der Waals surface area contributed by atoms with Crippen molar-refractivity contribution >= 4 is 23.3 Å². The van der Waals surface area contributed by atoms with Gasteiger partial charge < -0.3 is 9.38 Å². The van der Waals surface area contributed by atoms with Crippen LogP contribution in [-0.4, -0.2) is 15.7 Å². The quantitative estimate of drug-likeness (QED) is 0.702. The van der Waals surface area contributed by atoms with Gasteiger partial charge in [-0.1, -0.05) is 0 Å². The topological polar surface area (TPSA) is 54.3 Å². The van der Waals surface area contributed by atoms with Crippen molar-refractivity contribution in [2.45, 2.75) is 0 Å². The highest BCUT2D eigenvalue weighted by Gasteiger charge is 2.11. The van der Waals surface area contributed by atoms with Gasteiger partial charge in [0.15, 0.2) is 11.7 Å². The van der Waals surface area contributed by atoms with Gasteiger partial charge in [0.05, 0.1) is 10.4 Å². The van der Waals surface area contributed by atoms with Gasteiger partial charge in [-0.15, -0.1) is 11.3 Å². The molecule has 5 heteroatoms. The van der Waals surface area contributed by atoms with E-state index in [1.54, 1.807) is 24.5 Å². The smallest absolute Gasteiger partial charge is 0.192 e. The summed E-state index contributed by atoms with van der Waals surface area (Å²) in [6.07, 6.45) is 6.12. The summed E-state index contributed by atoms with van der Waals surface area (Å²) in [5.41, 5.74) is 1.30. The second-order valence-corrected chi connectivity index (χ2v) is 4.71. The maximum absolute atomic E-state index is 11.9. The molecule has 0 saturated heterocycles. The Morgan fingerprint density at radius 3 is 2.88 bits per heavy atom. The lowest BCUT2D eigenvalue weighted by atomic mass is 10.2. The largest absolute Gasteiger partial charge is 0.346 e. The molecule has 3 rings (SSSR count). The van der Waals surface area contributed by atoms with Gasteiger partial charge in [-0.25, -0.2) is 0 Å². The SMILES string of the molecule is O=Cc1ccc(-c2c(=O)ccn3cc[nH]c23)s1. The van der Waals surface area contributed by atoms with Crippen LogP contribution in [0.1, 0.15) is 9.67 Å². The highest BCUT2D eigenvalue weighted by Crippen LogP contribution is 2.27. The van der Waals surface area contributed by atoms with Crippen molar-refractivity contribution in [3.8, 4) is 10.4 Å². The fourth-order valence-corrected chi connectivity index (χ4v) is 2.68. The number of hydrogen-bond acceptors (Lipinski definition) is 3. The molecule has 0 atom stereocenters. The molecular formula is C12H8N2O2S. The first-order valence-electron chi connectivity index (χ1n) is 5.03. The number of fused-ring (bicyclic) bond motifs is 1. The van der Waals surface area contributed by atoms with Crippen molar-refractivity contribution in [2.75, 3.05) is 0 Å². The molecule has 0 aliphatic heterocycles. The maximum Gasteiger partial charge on any atom is 0.192 e. The van der Waals surface area contributed by atoms with Crippen LogP contribution in [0, 0.1) is 0 Å². The molecule has 4 nitrogen and oxygen atoms in total. The lowest BCUT2D eigenvalue weighted by Gasteiger charge is -1.99. The third-order valence-corrected chi connectivity index (χ3v) is 3.60. The summed E-state index contributed by atoms with van der Waals surface area (Å²) in [4.78, 5) is 27.0. The molecule has 0 spiro atoms. The van der Waals surface area contributed by atoms with Gasteiger partial charge in [0.1, 0.15) is 5.65 Å². The van der Waals surface area contributed by atoms with Crippen LogP contribution in [0.2, 0.25) is 0 Å². The molecular weight excluding hydrogens is 236 g/mol. The summed E-state index contributed by atoms with van der Waals surface area (Å²) in [6.45, 7) is 0. The lowest BCUT2D eigenvalue weighted by Crippen LogP contribution is -2.04. The molecule has 0 amide bonds. The van der Waals surface area contributed by atoms with Crippen molar-refractivity contribution < 1.29 is 4.79 Å². The Morgan fingerprint density at radius 2 is 2.12 bits per heavy atom. The number of rotatable bonds is 2. The van der Waals surface area contributed by atoms with Crippen LogP contribution < -0.4 is 5.43 Å². The molecule has 3 aromatic heterocycles. The second kappa shape index (κ2) is 3.71. The Bertz CT molecular complexity index is 751. The molecule has 0 aromatic carbocycles. The number of aromatic amines is 1. The second-order valence-electron chi connectivity index (χ2n) is 3.59. The van der Waals surface area contributed by atoms with Crippen molar-refractivity contribution in [1.82, 2.24) is 9.38 Å². The summed E-state index contributed by atoms with van der Waals surface area (Å²) < 4.78 is 1.84. The zero-order valence-corrected chi connectivity index (χ0v) is 9.53. The summed E-state index contributed by atoms with van der Waals surface area (Å²) >= 11 is 1.32. The van der Waals surface area contributed by atoms with E-state index < -0.39 is 0 Å². The maximum atomic E-state index is 11.9. The molecule has 3 heterocycles. The normalized spacial score (nSPS) is 10.8. The average Bonchev–Trinajstić information content (AvgIpc) is 2.96. The number of aromatic nitrogens is 2. The van der Waals surface area contributed by atoms with Gasteiger partial charge in [0, 0.05) is 29.5 Å². The number of thiophene rings is 1. The Hall–Kier alpha value is -2.14. The van der Waals surface area contributed by atoms with Crippen LogP contribution >= 0.6 is 11.3 Å². The number of hydrogen-bond donors (Lipinski definition) is 1. The zero-order valence-electron chi connectivity index (χ0n) is 8.71. The first kappa shape index (κ1) is 10.0. The molecule has 17 heavy (non-hydrogen) atoms. The van der Waals surface area contributed by atoms with E-state index in [0.717, 1.165) is 16.8 Å². The third-order valence-electron chi connectivity index (χ3n) is 2.57. The number of carbonyl (C=O) groups is 1. The summed E-state index contributed by atoms with van der Waals surface area (Å²) in [5.74, 6) is 0. The van der Waals surface area contributed by atoms with E-state index in [4.69, 9.17) is 0 Å². The van der Waals surface area contributed by atoms with Gasteiger partial charge in [-0.05, 0) is 12.1 Å². The van der Waals surface area contributed by atoms with Crippen LogP contribution in [-0.2, 0) is 0 Å². The van der Waals surface area contributed by atoms with E-state index in [1.807, 2.05) is 10.6 Å². The van der Waals surface area contributed by atoms with E-state index >= 15 is 0 Å². The van der Waals surface area contributed by atoms with Gasteiger partial charge in [0.25, 0.3) is 0 Å². The van der Waals surface area contributed by atoms with Crippen LogP contribution in [0.3, 0.4) is 0 Å². The van der Waals surface area contributed by atoms with E-state index in [-0.39, 0.29) is 5.43 Å². The van der Waals surface area contributed by atoms with Crippen LogP contribution in [0.5, 0.6) is 0 Å². The van der Waals surface area contributed by atoms with Crippen molar-refractivity contribution in [3.63, 3.8) is 0 Å². The van der Waals surface area contributed by atoms with Crippen LogP contribution in [0.25, 0.3) is 16.1 Å². The zero-order chi connectivity index (χ0) is 11.8. The first-order chi connectivity index (χ1) is 8.29. The van der Waals surface area contributed by atoms with E-state index in [1.165, 1.54) is 17.4 Å². The Kier molecular flexibility index (Phi) is 2.19. The predicted octanol–water partition coefficient (Wildman–Crippen LogP) is 2.17. The molecule has 0 fully saturated rings. The number of pyridine rings is 1. The highest BCUT2D eigenvalue weighted by molar-refractivity contribution is 7.17. The van der Waals surface area contributed by atoms with Crippen LogP contribution in [0.15, 0.2) is 41.6 Å². The lowest BCUT2D eigenvalue weighted by molar-refractivity contribution is 0.112. The predicted molar refractivity (Wildman–Crippen MR) is 66.7 cm³/mol. The molecule has 84 valence electrons. The van der Waals surface area contributed by atoms with Crippen LogP contribution in [0.4, 0.5) is 0 Å². The van der Waals surface area contributed by atoms with Gasteiger partial charge in [-0.2, -0.15) is 0 Å². The average molecular weight is 244 g/mol. The Labute approximate surface area is 100 Å².